The molecule has 3 heterocycles. The van der Waals surface area contributed by atoms with Gasteiger partial charge in [0.2, 0.25) is 5.76 Å². The van der Waals surface area contributed by atoms with Crippen LogP contribution in [0.5, 0.6) is 0 Å². The molecule has 0 saturated carbocycles. The van der Waals surface area contributed by atoms with Gasteiger partial charge < -0.3 is 9.52 Å². The van der Waals surface area contributed by atoms with Gasteiger partial charge in [-0.3, -0.25) is 9.36 Å². The summed E-state index contributed by atoms with van der Waals surface area (Å²) in [4.78, 5) is 30.0. The summed E-state index contributed by atoms with van der Waals surface area (Å²) in [5.41, 5.74) is 4.02. The predicted molar refractivity (Wildman–Crippen MR) is 113 cm³/mol. The second kappa shape index (κ2) is 7.33. The molecule has 0 spiro atoms. The van der Waals surface area contributed by atoms with Gasteiger partial charge in [0, 0.05) is 17.4 Å². The van der Waals surface area contributed by atoms with Crippen LogP contribution in [0.15, 0.2) is 44.9 Å². The zero-order chi connectivity index (χ0) is 20.7. The van der Waals surface area contributed by atoms with Crippen molar-refractivity contribution in [3.05, 3.63) is 74.5 Å². The fourth-order valence-electron chi connectivity index (χ4n) is 3.55. The molecule has 0 atom stereocenters. The molecule has 4 aromatic rings. The van der Waals surface area contributed by atoms with Crippen LogP contribution in [0, 0.1) is 13.8 Å². The van der Waals surface area contributed by atoms with Crippen molar-refractivity contribution >= 4 is 27.5 Å². The van der Waals surface area contributed by atoms with Crippen molar-refractivity contribution < 1.29 is 14.3 Å². The minimum absolute atomic E-state index is 0.139. The van der Waals surface area contributed by atoms with E-state index in [0.717, 1.165) is 16.7 Å². The van der Waals surface area contributed by atoms with E-state index < -0.39 is 5.97 Å². The molecular formula is C22H20N2O4S. The first kappa shape index (κ1) is 19.1. The molecule has 0 bridgehead atoms. The Morgan fingerprint density at radius 3 is 2.66 bits per heavy atom. The first-order valence-corrected chi connectivity index (χ1v) is 10.2. The number of fused-ring (bicyclic) bond motifs is 1. The average molecular weight is 408 g/mol. The van der Waals surface area contributed by atoms with Crippen LogP contribution >= 0.6 is 11.3 Å². The van der Waals surface area contributed by atoms with E-state index in [4.69, 9.17) is 14.5 Å². The molecule has 0 saturated heterocycles. The van der Waals surface area contributed by atoms with E-state index in [1.165, 1.54) is 23.0 Å². The number of aromatic nitrogens is 2. The molecule has 29 heavy (non-hydrogen) atoms. The van der Waals surface area contributed by atoms with Gasteiger partial charge in [-0.25, -0.2) is 9.78 Å². The minimum Gasteiger partial charge on any atom is -0.475 e. The molecule has 0 aliphatic carbocycles. The second-order valence-electron chi connectivity index (χ2n) is 6.99. The van der Waals surface area contributed by atoms with Crippen LogP contribution in [-0.4, -0.2) is 20.6 Å². The fourth-order valence-corrected chi connectivity index (χ4v) is 4.49. The number of aromatic carboxylic acids is 1. The van der Waals surface area contributed by atoms with E-state index in [0.29, 0.717) is 28.2 Å². The molecule has 1 N–H and O–H groups in total. The molecule has 0 aliphatic rings. The zero-order valence-electron chi connectivity index (χ0n) is 16.4. The molecule has 7 heteroatoms. The monoisotopic (exact) mass is 408 g/mol. The summed E-state index contributed by atoms with van der Waals surface area (Å²) in [7, 11) is 0. The Labute approximate surface area is 171 Å². The normalized spacial score (nSPS) is 11.3. The molecule has 0 fully saturated rings. The van der Waals surface area contributed by atoms with E-state index in [2.05, 4.69) is 6.07 Å². The number of benzene rings is 1. The van der Waals surface area contributed by atoms with Gasteiger partial charge in [0.25, 0.3) is 5.56 Å². The number of carboxylic acids is 1. The van der Waals surface area contributed by atoms with Gasteiger partial charge in [-0.05, 0) is 37.1 Å². The lowest BCUT2D eigenvalue weighted by molar-refractivity contribution is 0.0660. The summed E-state index contributed by atoms with van der Waals surface area (Å²) in [6.07, 6.45) is 0.578. The number of hydrogen-bond donors (Lipinski definition) is 1. The fraction of sp³-hybridized carbons (Fsp3) is 0.227. The zero-order valence-corrected chi connectivity index (χ0v) is 17.2. The molecule has 0 radical (unpaired) electrons. The number of carboxylic acid groups (broad SMARTS) is 1. The lowest BCUT2D eigenvalue weighted by Gasteiger charge is -2.11. The summed E-state index contributed by atoms with van der Waals surface area (Å²) in [5, 5.41) is 11.6. The Morgan fingerprint density at radius 2 is 2.00 bits per heavy atom. The Morgan fingerprint density at radius 1 is 1.21 bits per heavy atom. The van der Waals surface area contributed by atoms with Crippen molar-refractivity contribution in [3.8, 4) is 11.1 Å². The molecule has 3 aromatic heterocycles. The summed E-state index contributed by atoms with van der Waals surface area (Å²) < 4.78 is 6.94. The van der Waals surface area contributed by atoms with Crippen LogP contribution in [0.1, 0.15) is 40.2 Å². The van der Waals surface area contributed by atoms with Gasteiger partial charge in [0.15, 0.2) is 0 Å². The molecule has 148 valence electrons. The maximum atomic E-state index is 13.5. The smallest absolute Gasteiger partial charge is 0.371 e. The Balaban J connectivity index is 1.89. The lowest BCUT2D eigenvalue weighted by Crippen LogP contribution is -2.25. The van der Waals surface area contributed by atoms with Crippen LogP contribution in [0.2, 0.25) is 0 Å². The maximum Gasteiger partial charge on any atom is 0.371 e. The van der Waals surface area contributed by atoms with Crippen LogP contribution in [0.4, 0.5) is 0 Å². The van der Waals surface area contributed by atoms with Gasteiger partial charge in [0.05, 0.1) is 11.9 Å². The van der Waals surface area contributed by atoms with E-state index in [-0.39, 0.29) is 17.9 Å². The number of rotatable bonds is 5. The number of thiophene rings is 1. The van der Waals surface area contributed by atoms with Crippen molar-refractivity contribution in [2.24, 2.45) is 0 Å². The largest absolute Gasteiger partial charge is 0.475 e. The third-order valence-electron chi connectivity index (χ3n) is 4.95. The molecule has 0 aliphatic heterocycles. The van der Waals surface area contributed by atoms with Crippen molar-refractivity contribution in [2.75, 3.05) is 0 Å². The van der Waals surface area contributed by atoms with Gasteiger partial charge in [-0.2, -0.15) is 0 Å². The maximum absolute atomic E-state index is 13.5. The second-order valence-corrected chi connectivity index (χ2v) is 7.85. The van der Waals surface area contributed by atoms with Crippen LogP contribution in [-0.2, 0) is 13.0 Å². The predicted octanol–water partition coefficient (Wildman–Crippen LogP) is 4.64. The van der Waals surface area contributed by atoms with Gasteiger partial charge in [0.1, 0.15) is 16.4 Å². The highest BCUT2D eigenvalue weighted by molar-refractivity contribution is 7.17. The highest BCUT2D eigenvalue weighted by Crippen LogP contribution is 2.33. The van der Waals surface area contributed by atoms with Crippen molar-refractivity contribution in [3.63, 3.8) is 0 Å². The van der Waals surface area contributed by atoms with Crippen molar-refractivity contribution in [1.29, 1.82) is 0 Å². The Hall–Kier alpha value is -3.19. The number of hydrogen-bond acceptors (Lipinski definition) is 5. The third kappa shape index (κ3) is 3.38. The summed E-state index contributed by atoms with van der Waals surface area (Å²) in [6, 6.07) is 9.15. The van der Waals surface area contributed by atoms with Crippen molar-refractivity contribution in [1.82, 2.24) is 9.55 Å². The van der Waals surface area contributed by atoms with E-state index in [9.17, 15) is 9.59 Å². The first-order valence-electron chi connectivity index (χ1n) is 9.29. The quantitative estimate of drug-likeness (QED) is 0.520. The molecule has 4 rings (SSSR count). The van der Waals surface area contributed by atoms with E-state index in [1.54, 1.807) is 10.6 Å². The minimum atomic E-state index is -1.14. The summed E-state index contributed by atoms with van der Waals surface area (Å²) >= 11 is 1.46. The topological polar surface area (TPSA) is 85.3 Å². The van der Waals surface area contributed by atoms with Gasteiger partial charge >= 0.3 is 5.97 Å². The highest BCUT2D eigenvalue weighted by atomic mass is 32.1. The van der Waals surface area contributed by atoms with Gasteiger partial charge in [-0.15, -0.1) is 11.3 Å². The standard InChI is InChI=1S/C22H20N2O4S/c1-4-18-23-20-19(16(11-29-20)15-7-5-12(2)9-13(15)3)21(25)24(18)10-14-6-8-17(28-14)22(26)27/h5-9,11H,4,10H2,1-3H3,(H,26,27). The average Bonchev–Trinajstić information content (AvgIpc) is 3.31. The van der Waals surface area contributed by atoms with Gasteiger partial charge in [-0.1, -0.05) is 30.7 Å². The highest BCUT2D eigenvalue weighted by Gasteiger charge is 2.19. The van der Waals surface area contributed by atoms with Crippen LogP contribution in [0.25, 0.3) is 21.3 Å². The molecular weight excluding hydrogens is 388 g/mol. The number of nitrogens with zero attached hydrogens (tertiary/aromatic N) is 2. The third-order valence-corrected chi connectivity index (χ3v) is 5.82. The summed E-state index contributed by atoms with van der Waals surface area (Å²) in [6.45, 7) is 6.15. The Bertz CT molecular complexity index is 1300. The molecule has 0 amide bonds. The molecule has 1 aromatic carbocycles. The van der Waals surface area contributed by atoms with E-state index in [1.807, 2.05) is 38.3 Å². The van der Waals surface area contributed by atoms with Crippen LogP contribution < -0.4 is 5.56 Å². The molecule has 0 unspecified atom stereocenters. The Kier molecular flexibility index (Phi) is 4.84. The first-order chi connectivity index (χ1) is 13.9. The SMILES string of the molecule is CCc1nc2scc(-c3ccc(C)cc3C)c2c(=O)n1Cc1ccc(C(=O)O)o1. The van der Waals surface area contributed by atoms with E-state index >= 15 is 0 Å². The van der Waals surface area contributed by atoms with Crippen molar-refractivity contribution in [2.45, 2.75) is 33.7 Å². The molecule has 6 nitrogen and oxygen atoms in total. The summed E-state index contributed by atoms with van der Waals surface area (Å²) in [5.74, 6) is -0.233. The number of furan rings is 1. The lowest BCUT2D eigenvalue weighted by atomic mass is 9.99. The van der Waals surface area contributed by atoms with Crippen LogP contribution in [0.3, 0.4) is 0 Å². The number of aryl methyl sites for hydroxylation is 3. The number of carbonyl (C=O) groups is 1.